The average Bonchev–Trinajstić information content (AvgIpc) is 2.66. The molecule has 2 aromatic rings. The first kappa shape index (κ1) is 21.6. The Balaban J connectivity index is 2.18. The van der Waals surface area contributed by atoms with E-state index in [-0.39, 0.29) is 30.6 Å². The van der Waals surface area contributed by atoms with Crippen molar-refractivity contribution in [2.75, 3.05) is 6.54 Å². The SMILES string of the molecule is Cc1ccc(CC(=O)N(Cc2ccc(F)cc2)C(C)C(=O)NCC(C)C)cc1. The monoisotopic (exact) mass is 384 g/mol. The second kappa shape index (κ2) is 10.0. The molecular formula is C23H29FN2O2. The summed E-state index contributed by atoms with van der Waals surface area (Å²) in [6.45, 7) is 8.56. The molecule has 0 radical (unpaired) electrons. The van der Waals surface area contributed by atoms with Gasteiger partial charge in [-0.25, -0.2) is 4.39 Å². The molecular weight excluding hydrogens is 355 g/mol. The molecule has 1 atom stereocenters. The summed E-state index contributed by atoms with van der Waals surface area (Å²) in [5, 5.41) is 2.89. The van der Waals surface area contributed by atoms with Gasteiger partial charge in [0.05, 0.1) is 6.42 Å². The van der Waals surface area contributed by atoms with Gasteiger partial charge in [-0.05, 0) is 43.0 Å². The van der Waals surface area contributed by atoms with Crippen LogP contribution in [0.5, 0.6) is 0 Å². The molecule has 0 heterocycles. The number of carbonyl (C=O) groups is 2. The quantitative estimate of drug-likeness (QED) is 0.751. The van der Waals surface area contributed by atoms with Crippen LogP contribution in [0.15, 0.2) is 48.5 Å². The van der Waals surface area contributed by atoms with E-state index in [1.165, 1.54) is 12.1 Å². The molecule has 5 heteroatoms. The first-order chi connectivity index (χ1) is 13.3. The fraction of sp³-hybridized carbons (Fsp3) is 0.391. The fourth-order valence-corrected chi connectivity index (χ4v) is 2.80. The molecule has 2 aromatic carbocycles. The summed E-state index contributed by atoms with van der Waals surface area (Å²) in [6.07, 6.45) is 0.212. The first-order valence-corrected chi connectivity index (χ1v) is 9.63. The molecule has 1 N–H and O–H groups in total. The van der Waals surface area contributed by atoms with Gasteiger partial charge in [0.2, 0.25) is 11.8 Å². The second-order valence-electron chi connectivity index (χ2n) is 7.63. The summed E-state index contributed by atoms with van der Waals surface area (Å²) in [7, 11) is 0. The van der Waals surface area contributed by atoms with Crippen LogP contribution in [0.1, 0.15) is 37.5 Å². The summed E-state index contributed by atoms with van der Waals surface area (Å²) in [4.78, 5) is 27.2. The van der Waals surface area contributed by atoms with Crippen molar-refractivity contribution < 1.29 is 14.0 Å². The Bertz CT molecular complexity index is 785. The standard InChI is InChI=1S/C23H29FN2O2/c1-16(2)14-25-23(28)18(4)26(15-20-9-11-21(24)12-10-20)22(27)13-19-7-5-17(3)6-8-19/h5-12,16,18H,13-15H2,1-4H3,(H,25,28). The molecule has 1 unspecified atom stereocenters. The first-order valence-electron chi connectivity index (χ1n) is 9.63. The van der Waals surface area contributed by atoms with Gasteiger partial charge in [-0.3, -0.25) is 9.59 Å². The van der Waals surface area contributed by atoms with Crippen molar-refractivity contribution in [2.45, 2.75) is 46.7 Å². The minimum Gasteiger partial charge on any atom is -0.354 e. The van der Waals surface area contributed by atoms with Gasteiger partial charge in [0.15, 0.2) is 0 Å². The minimum atomic E-state index is -0.623. The number of aryl methyl sites for hydroxylation is 1. The van der Waals surface area contributed by atoms with Crippen molar-refractivity contribution in [2.24, 2.45) is 5.92 Å². The maximum Gasteiger partial charge on any atom is 0.242 e. The molecule has 2 amide bonds. The third-order valence-electron chi connectivity index (χ3n) is 4.59. The van der Waals surface area contributed by atoms with Crippen LogP contribution in [0.25, 0.3) is 0 Å². The number of nitrogens with one attached hydrogen (secondary N) is 1. The summed E-state index contributed by atoms with van der Waals surface area (Å²) in [5.74, 6) is -0.331. The molecule has 0 aliphatic heterocycles. The van der Waals surface area contributed by atoms with Crippen LogP contribution in [-0.4, -0.2) is 29.3 Å². The lowest BCUT2D eigenvalue weighted by Gasteiger charge is -2.29. The van der Waals surface area contributed by atoms with Gasteiger partial charge >= 0.3 is 0 Å². The maximum absolute atomic E-state index is 13.2. The number of hydrogen-bond acceptors (Lipinski definition) is 2. The van der Waals surface area contributed by atoms with Crippen LogP contribution in [0, 0.1) is 18.7 Å². The molecule has 2 rings (SSSR count). The Labute approximate surface area is 166 Å². The van der Waals surface area contributed by atoms with Gasteiger partial charge in [0, 0.05) is 13.1 Å². The predicted molar refractivity (Wildman–Crippen MR) is 109 cm³/mol. The molecule has 0 aliphatic carbocycles. The number of halogens is 1. The summed E-state index contributed by atoms with van der Waals surface area (Å²) >= 11 is 0. The highest BCUT2D eigenvalue weighted by Gasteiger charge is 2.26. The van der Waals surface area contributed by atoms with E-state index in [2.05, 4.69) is 5.32 Å². The van der Waals surface area contributed by atoms with Gasteiger partial charge in [0.25, 0.3) is 0 Å². The third kappa shape index (κ3) is 6.48. The smallest absolute Gasteiger partial charge is 0.242 e. The van der Waals surface area contributed by atoms with E-state index in [9.17, 15) is 14.0 Å². The van der Waals surface area contributed by atoms with Crippen molar-refractivity contribution in [1.29, 1.82) is 0 Å². The topological polar surface area (TPSA) is 49.4 Å². The number of hydrogen-bond donors (Lipinski definition) is 1. The number of benzene rings is 2. The van der Waals surface area contributed by atoms with Crippen LogP contribution in [0.3, 0.4) is 0 Å². The van der Waals surface area contributed by atoms with Crippen molar-refractivity contribution in [3.05, 3.63) is 71.0 Å². The number of rotatable bonds is 8. The lowest BCUT2D eigenvalue weighted by atomic mass is 10.1. The summed E-state index contributed by atoms with van der Waals surface area (Å²) in [5.41, 5.74) is 2.80. The molecule has 0 saturated heterocycles. The zero-order valence-electron chi connectivity index (χ0n) is 17.0. The Morgan fingerprint density at radius 1 is 0.964 bits per heavy atom. The highest BCUT2D eigenvalue weighted by molar-refractivity contribution is 5.88. The van der Waals surface area contributed by atoms with Crippen LogP contribution >= 0.6 is 0 Å². The van der Waals surface area contributed by atoms with Crippen molar-refractivity contribution in [3.8, 4) is 0 Å². The van der Waals surface area contributed by atoms with Gasteiger partial charge in [-0.2, -0.15) is 0 Å². The van der Waals surface area contributed by atoms with Crippen molar-refractivity contribution in [1.82, 2.24) is 10.2 Å². The number of nitrogens with zero attached hydrogens (tertiary/aromatic N) is 1. The zero-order valence-corrected chi connectivity index (χ0v) is 17.0. The average molecular weight is 384 g/mol. The zero-order chi connectivity index (χ0) is 20.7. The van der Waals surface area contributed by atoms with Crippen LogP contribution in [0.2, 0.25) is 0 Å². The molecule has 0 saturated carbocycles. The van der Waals surface area contributed by atoms with Crippen molar-refractivity contribution >= 4 is 11.8 Å². The van der Waals surface area contributed by atoms with E-state index < -0.39 is 6.04 Å². The van der Waals surface area contributed by atoms with E-state index >= 15 is 0 Å². The second-order valence-corrected chi connectivity index (χ2v) is 7.63. The number of amides is 2. The van der Waals surface area contributed by atoms with Crippen LogP contribution in [-0.2, 0) is 22.6 Å². The highest BCUT2D eigenvalue weighted by Crippen LogP contribution is 2.14. The van der Waals surface area contributed by atoms with Gasteiger partial charge in [0.1, 0.15) is 11.9 Å². The molecule has 0 fully saturated rings. The normalized spacial score (nSPS) is 11.9. The van der Waals surface area contributed by atoms with Gasteiger partial charge < -0.3 is 10.2 Å². The number of carbonyl (C=O) groups excluding carboxylic acids is 2. The van der Waals surface area contributed by atoms with Crippen LogP contribution in [0.4, 0.5) is 4.39 Å². The van der Waals surface area contributed by atoms with E-state index in [0.717, 1.165) is 16.7 Å². The lowest BCUT2D eigenvalue weighted by Crippen LogP contribution is -2.48. The molecule has 0 spiro atoms. The third-order valence-corrected chi connectivity index (χ3v) is 4.59. The predicted octanol–water partition coefficient (Wildman–Crippen LogP) is 3.87. The summed E-state index contributed by atoms with van der Waals surface area (Å²) < 4.78 is 13.2. The minimum absolute atomic E-state index is 0.139. The molecule has 0 bridgehead atoms. The van der Waals surface area contributed by atoms with E-state index in [1.54, 1.807) is 24.0 Å². The fourth-order valence-electron chi connectivity index (χ4n) is 2.80. The maximum atomic E-state index is 13.2. The molecule has 0 aromatic heterocycles. The molecule has 28 heavy (non-hydrogen) atoms. The van der Waals surface area contributed by atoms with Gasteiger partial charge in [-0.1, -0.05) is 55.8 Å². The summed E-state index contributed by atoms with van der Waals surface area (Å²) in [6, 6.07) is 13.2. The van der Waals surface area contributed by atoms with Crippen molar-refractivity contribution in [3.63, 3.8) is 0 Å². The Kier molecular flexibility index (Phi) is 7.73. The largest absolute Gasteiger partial charge is 0.354 e. The molecule has 4 nitrogen and oxygen atoms in total. The molecule has 150 valence electrons. The lowest BCUT2D eigenvalue weighted by molar-refractivity contribution is -0.140. The Morgan fingerprint density at radius 3 is 2.11 bits per heavy atom. The Hall–Kier alpha value is -2.69. The van der Waals surface area contributed by atoms with E-state index in [0.29, 0.717) is 12.5 Å². The van der Waals surface area contributed by atoms with Crippen LogP contribution < -0.4 is 5.32 Å². The Morgan fingerprint density at radius 2 is 1.54 bits per heavy atom. The van der Waals surface area contributed by atoms with E-state index in [1.807, 2.05) is 45.0 Å². The highest BCUT2D eigenvalue weighted by atomic mass is 19.1. The van der Waals surface area contributed by atoms with E-state index in [4.69, 9.17) is 0 Å². The van der Waals surface area contributed by atoms with Gasteiger partial charge in [-0.15, -0.1) is 0 Å². The molecule has 0 aliphatic rings.